The van der Waals surface area contributed by atoms with Crippen LogP contribution in [0.3, 0.4) is 0 Å². The summed E-state index contributed by atoms with van der Waals surface area (Å²) in [6.45, 7) is 8.11. The first-order valence-corrected chi connectivity index (χ1v) is 8.17. The number of aromatic nitrogens is 2. The first kappa shape index (κ1) is 15.7. The summed E-state index contributed by atoms with van der Waals surface area (Å²) in [5.41, 5.74) is 2.93. The number of nitrogens with one attached hydrogen (secondary N) is 1. The van der Waals surface area contributed by atoms with Gasteiger partial charge in [0.05, 0.1) is 0 Å². The second kappa shape index (κ2) is 6.14. The Morgan fingerprint density at radius 3 is 2.61 bits per heavy atom. The Balaban J connectivity index is 1.78. The van der Waals surface area contributed by atoms with E-state index in [1.807, 2.05) is 45.9 Å². The summed E-state index contributed by atoms with van der Waals surface area (Å²) < 4.78 is 5.39. The lowest BCUT2D eigenvalue weighted by atomic mass is 10.0. The largest absolute Gasteiger partial charge is 0.340 e. The highest BCUT2D eigenvalue weighted by molar-refractivity contribution is 5.94. The highest BCUT2D eigenvalue weighted by Gasteiger charge is 2.31. The van der Waals surface area contributed by atoms with Crippen LogP contribution in [0.4, 0.5) is 0 Å². The van der Waals surface area contributed by atoms with Gasteiger partial charge in [-0.15, -0.1) is 0 Å². The molecule has 1 fully saturated rings. The van der Waals surface area contributed by atoms with Crippen LogP contribution < -0.4 is 5.32 Å². The van der Waals surface area contributed by atoms with Gasteiger partial charge in [-0.1, -0.05) is 25.1 Å². The third-order valence-electron chi connectivity index (χ3n) is 4.39. The third kappa shape index (κ3) is 3.44. The van der Waals surface area contributed by atoms with Crippen molar-refractivity contribution in [2.45, 2.75) is 52.5 Å². The molecular formula is C18H23N3O2. The molecule has 1 unspecified atom stereocenters. The van der Waals surface area contributed by atoms with E-state index in [1.54, 1.807) is 0 Å². The Hall–Kier alpha value is -2.17. The van der Waals surface area contributed by atoms with Crippen LogP contribution in [0.15, 0.2) is 22.7 Å². The minimum absolute atomic E-state index is 0.113. The zero-order chi connectivity index (χ0) is 16.6. The zero-order valence-corrected chi connectivity index (χ0v) is 14.1. The van der Waals surface area contributed by atoms with Gasteiger partial charge in [0.15, 0.2) is 5.82 Å². The van der Waals surface area contributed by atoms with Crippen LogP contribution in [0.25, 0.3) is 0 Å². The second-order valence-electron chi connectivity index (χ2n) is 6.76. The van der Waals surface area contributed by atoms with Crippen molar-refractivity contribution in [2.24, 2.45) is 5.92 Å². The SMILES string of the molecule is Cc1ccc(C(=O)NC(c2nc(C3CC3)no2)C(C)C)cc1C. The van der Waals surface area contributed by atoms with Crippen LogP contribution in [-0.2, 0) is 0 Å². The minimum atomic E-state index is -0.274. The predicted octanol–water partition coefficient (Wildman–Crippen LogP) is 3.69. The molecule has 2 aromatic rings. The number of carbonyl (C=O) groups is 1. The molecule has 0 spiro atoms. The van der Waals surface area contributed by atoms with E-state index >= 15 is 0 Å². The lowest BCUT2D eigenvalue weighted by molar-refractivity contribution is 0.0914. The molecular weight excluding hydrogens is 290 g/mol. The van der Waals surface area contributed by atoms with Crippen molar-refractivity contribution in [1.82, 2.24) is 15.5 Å². The van der Waals surface area contributed by atoms with Gasteiger partial charge in [0.2, 0.25) is 5.89 Å². The van der Waals surface area contributed by atoms with E-state index in [2.05, 4.69) is 15.5 Å². The fraction of sp³-hybridized carbons (Fsp3) is 0.500. The molecule has 0 saturated heterocycles. The van der Waals surface area contributed by atoms with Crippen LogP contribution in [-0.4, -0.2) is 16.0 Å². The topological polar surface area (TPSA) is 68.0 Å². The summed E-state index contributed by atoms with van der Waals surface area (Å²) in [4.78, 5) is 17.0. The quantitative estimate of drug-likeness (QED) is 0.914. The van der Waals surface area contributed by atoms with Crippen molar-refractivity contribution in [3.63, 3.8) is 0 Å². The molecule has 0 aliphatic heterocycles. The maximum atomic E-state index is 12.5. The average Bonchev–Trinajstić information content (AvgIpc) is 3.25. The molecule has 1 heterocycles. The number of carbonyl (C=O) groups excluding carboxylic acids is 1. The Morgan fingerprint density at radius 1 is 1.26 bits per heavy atom. The maximum absolute atomic E-state index is 12.5. The van der Waals surface area contributed by atoms with E-state index in [0.717, 1.165) is 24.2 Å². The van der Waals surface area contributed by atoms with E-state index in [0.29, 0.717) is 17.4 Å². The highest BCUT2D eigenvalue weighted by Crippen LogP contribution is 2.38. The van der Waals surface area contributed by atoms with Crippen LogP contribution >= 0.6 is 0 Å². The minimum Gasteiger partial charge on any atom is -0.340 e. The molecule has 122 valence electrons. The molecule has 0 bridgehead atoms. The summed E-state index contributed by atoms with van der Waals surface area (Å²) in [6.07, 6.45) is 2.25. The number of benzene rings is 1. The van der Waals surface area contributed by atoms with Gasteiger partial charge in [-0.3, -0.25) is 4.79 Å². The van der Waals surface area contributed by atoms with Gasteiger partial charge in [-0.2, -0.15) is 4.98 Å². The van der Waals surface area contributed by atoms with Crippen molar-refractivity contribution in [1.29, 1.82) is 0 Å². The third-order valence-corrected chi connectivity index (χ3v) is 4.39. The second-order valence-corrected chi connectivity index (χ2v) is 6.76. The summed E-state index contributed by atoms with van der Waals surface area (Å²) in [5.74, 6) is 1.76. The number of nitrogens with zero attached hydrogens (tertiary/aromatic N) is 2. The van der Waals surface area contributed by atoms with Gasteiger partial charge < -0.3 is 9.84 Å². The van der Waals surface area contributed by atoms with Crippen molar-refractivity contribution < 1.29 is 9.32 Å². The van der Waals surface area contributed by atoms with E-state index in [4.69, 9.17) is 4.52 Å². The Bertz CT molecular complexity index is 717. The monoisotopic (exact) mass is 313 g/mol. The molecule has 1 saturated carbocycles. The van der Waals surface area contributed by atoms with Crippen molar-refractivity contribution in [2.75, 3.05) is 0 Å². The van der Waals surface area contributed by atoms with Gasteiger partial charge in [0, 0.05) is 11.5 Å². The maximum Gasteiger partial charge on any atom is 0.251 e. The number of rotatable bonds is 5. The first-order chi connectivity index (χ1) is 11.0. The lowest BCUT2D eigenvalue weighted by Crippen LogP contribution is -2.32. The zero-order valence-electron chi connectivity index (χ0n) is 14.1. The molecule has 1 aromatic carbocycles. The summed E-state index contributed by atoms with van der Waals surface area (Å²) >= 11 is 0. The standard InChI is InChI=1S/C18H23N3O2/c1-10(2)15(18-20-16(21-23-18)13-7-8-13)19-17(22)14-6-5-11(3)12(4)9-14/h5-6,9-10,13,15H,7-8H2,1-4H3,(H,19,22). The number of hydrogen-bond acceptors (Lipinski definition) is 4. The molecule has 23 heavy (non-hydrogen) atoms. The Kier molecular flexibility index (Phi) is 4.20. The number of aryl methyl sites for hydroxylation is 2. The van der Waals surface area contributed by atoms with E-state index in [1.165, 1.54) is 5.56 Å². The smallest absolute Gasteiger partial charge is 0.251 e. The van der Waals surface area contributed by atoms with Gasteiger partial charge >= 0.3 is 0 Å². The van der Waals surface area contributed by atoms with Crippen LogP contribution in [0.1, 0.15) is 71.8 Å². The predicted molar refractivity (Wildman–Crippen MR) is 87.2 cm³/mol. The highest BCUT2D eigenvalue weighted by atomic mass is 16.5. The normalized spacial score (nSPS) is 15.7. The fourth-order valence-corrected chi connectivity index (χ4v) is 2.50. The van der Waals surface area contributed by atoms with Gasteiger partial charge in [0.25, 0.3) is 5.91 Å². The van der Waals surface area contributed by atoms with Crippen LogP contribution in [0.5, 0.6) is 0 Å². The van der Waals surface area contributed by atoms with Gasteiger partial charge in [-0.25, -0.2) is 0 Å². The summed E-state index contributed by atoms with van der Waals surface area (Å²) in [6, 6.07) is 5.44. The summed E-state index contributed by atoms with van der Waals surface area (Å²) in [5, 5.41) is 7.08. The summed E-state index contributed by atoms with van der Waals surface area (Å²) in [7, 11) is 0. The van der Waals surface area contributed by atoms with Crippen LogP contribution in [0, 0.1) is 19.8 Å². The average molecular weight is 313 g/mol. The van der Waals surface area contributed by atoms with Crippen LogP contribution in [0.2, 0.25) is 0 Å². The Morgan fingerprint density at radius 2 is 2.00 bits per heavy atom. The number of hydrogen-bond donors (Lipinski definition) is 1. The first-order valence-electron chi connectivity index (χ1n) is 8.17. The van der Waals surface area contributed by atoms with Crippen molar-refractivity contribution in [3.8, 4) is 0 Å². The lowest BCUT2D eigenvalue weighted by Gasteiger charge is -2.18. The molecule has 3 rings (SSSR count). The Labute approximate surface area is 136 Å². The number of amides is 1. The molecule has 1 atom stereocenters. The van der Waals surface area contributed by atoms with Gasteiger partial charge in [-0.05, 0) is 55.9 Å². The molecule has 1 aromatic heterocycles. The molecule has 1 N–H and O–H groups in total. The molecule has 5 heteroatoms. The molecule has 1 amide bonds. The van der Waals surface area contributed by atoms with E-state index in [9.17, 15) is 4.79 Å². The molecule has 1 aliphatic carbocycles. The van der Waals surface area contributed by atoms with E-state index < -0.39 is 0 Å². The molecule has 1 aliphatic rings. The fourth-order valence-electron chi connectivity index (χ4n) is 2.50. The van der Waals surface area contributed by atoms with E-state index in [-0.39, 0.29) is 17.9 Å². The van der Waals surface area contributed by atoms with Gasteiger partial charge in [0.1, 0.15) is 6.04 Å². The van der Waals surface area contributed by atoms with Crippen molar-refractivity contribution in [3.05, 3.63) is 46.6 Å². The van der Waals surface area contributed by atoms with Crippen molar-refractivity contribution >= 4 is 5.91 Å². The molecule has 5 nitrogen and oxygen atoms in total. The molecule has 0 radical (unpaired) electrons.